The molecular weight excluding hydrogens is 317 g/mol. The molecule has 0 aliphatic rings. The Kier molecular flexibility index (Phi) is 6.24. The molecule has 1 unspecified atom stereocenters. The zero-order valence-corrected chi connectivity index (χ0v) is 12.2. The molecule has 19 heavy (non-hydrogen) atoms. The van der Waals surface area contributed by atoms with Gasteiger partial charge in [-0.15, -0.1) is 0 Å². The van der Waals surface area contributed by atoms with Gasteiger partial charge in [0.1, 0.15) is 0 Å². The number of carbonyl (C=O) groups is 1. The molecular formula is C13H17BrFNO3. The first-order valence-electron chi connectivity index (χ1n) is 6.03. The normalized spacial score (nSPS) is 12.2. The van der Waals surface area contributed by atoms with Gasteiger partial charge in [-0.3, -0.25) is 0 Å². The van der Waals surface area contributed by atoms with Gasteiger partial charge < -0.3 is 15.5 Å². The van der Waals surface area contributed by atoms with Crippen LogP contribution in [0, 0.1) is 11.7 Å². The van der Waals surface area contributed by atoms with E-state index in [1.807, 2.05) is 6.92 Å². The Morgan fingerprint density at radius 3 is 2.79 bits per heavy atom. The molecule has 0 radical (unpaired) electrons. The summed E-state index contributed by atoms with van der Waals surface area (Å²) in [6.07, 6.45) is 1.65. The number of hydrogen-bond donors (Lipinski definition) is 3. The molecule has 1 aromatic carbocycles. The van der Waals surface area contributed by atoms with Crippen LogP contribution >= 0.6 is 15.9 Å². The fourth-order valence-corrected chi connectivity index (χ4v) is 2.13. The smallest absolute Gasteiger partial charge is 0.336 e. The van der Waals surface area contributed by atoms with Gasteiger partial charge in [0.2, 0.25) is 0 Å². The number of carboxylic acids is 1. The molecule has 0 saturated heterocycles. The van der Waals surface area contributed by atoms with Crippen molar-refractivity contribution in [2.45, 2.75) is 19.8 Å². The van der Waals surface area contributed by atoms with Crippen molar-refractivity contribution in [3.05, 3.63) is 28.0 Å². The van der Waals surface area contributed by atoms with E-state index in [9.17, 15) is 9.18 Å². The standard InChI is InChI=1S/C13H17BrFNO3/c1-8(7-17)3-2-6-16-10-5-4-9(13(18)19)11(14)12(10)15/h4-5,8,16-17H,2-3,6-7H2,1H3,(H,18,19). The van der Waals surface area contributed by atoms with Gasteiger partial charge in [0.25, 0.3) is 0 Å². The molecule has 0 saturated carbocycles. The Hall–Kier alpha value is -1.14. The maximum atomic E-state index is 13.9. The lowest BCUT2D eigenvalue weighted by atomic mass is 10.1. The highest BCUT2D eigenvalue weighted by molar-refractivity contribution is 9.10. The molecule has 6 heteroatoms. The highest BCUT2D eigenvalue weighted by atomic mass is 79.9. The van der Waals surface area contributed by atoms with Crippen LogP contribution in [0.25, 0.3) is 0 Å². The fourth-order valence-electron chi connectivity index (χ4n) is 1.62. The van der Waals surface area contributed by atoms with Gasteiger partial charge in [-0.05, 0) is 46.8 Å². The second kappa shape index (κ2) is 7.45. The second-order valence-corrected chi connectivity index (χ2v) is 5.24. The Morgan fingerprint density at radius 2 is 2.21 bits per heavy atom. The fraction of sp³-hybridized carbons (Fsp3) is 0.462. The number of benzene rings is 1. The average Bonchev–Trinajstić information content (AvgIpc) is 2.38. The summed E-state index contributed by atoms with van der Waals surface area (Å²) in [6, 6.07) is 2.77. The molecule has 0 aliphatic heterocycles. The summed E-state index contributed by atoms with van der Waals surface area (Å²) in [6.45, 7) is 2.66. The van der Waals surface area contributed by atoms with Crippen molar-refractivity contribution in [3.63, 3.8) is 0 Å². The first-order chi connectivity index (χ1) is 8.97. The monoisotopic (exact) mass is 333 g/mol. The maximum absolute atomic E-state index is 13.9. The third-order valence-corrected chi connectivity index (χ3v) is 3.59. The molecule has 106 valence electrons. The molecule has 3 N–H and O–H groups in total. The summed E-state index contributed by atoms with van der Waals surface area (Å²) < 4.78 is 13.8. The predicted molar refractivity (Wildman–Crippen MR) is 75.0 cm³/mol. The topological polar surface area (TPSA) is 69.6 Å². The minimum absolute atomic E-state index is 0.0475. The molecule has 0 fully saturated rings. The summed E-state index contributed by atoms with van der Waals surface area (Å²) in [4.78, 5) is 10.8. The summed E-state index contributed by atoms with van der Waals surface area (Å²) in [5.74, 6) is -1.54. The van der Waals surface area contributed by atoms with Crippen molar-refractivity contribution in [2.75, 3.05) is 18.5 Å². The molecule has 0 aromatic heterocycles. The number of halogens is 2. The largest absolute Gasteiger partial charge is 0.478 e. The van der Waals surface area contributed by atoms with Gasteiger partial charge in [0.05, 0.1) is 15.7 Å². The lowest BCUT2D eigenvalue weighted by Crippen LogP contribution is -2.08. The Bertz CT molecular complexity index is 454. The minimum Gasteiger partial charge on any atom is -0.478 e. The Morgan fingerprint density at radius 1 is 1.53 bits per heavy atom. The minimum atomic E-state index is -1.17. The second-order valence-electron chi connectivity index (χ2n) is 4.45. The highest BCUT2D eigenvalue weighted by Crippen LogP contribution is 2.27. The van der Waals surface area contributed by atoms with Gasteiger partial charge in [0.15, 0.2) is 5.82 Å². The lowest BCUT2D eigenvalue weighted by Gasteiger charge is -2.11. The first-order valence-corrected chi connectivity index (χ1v) is 6.82. The summed E-state index contributed by atoms with van der Waals surface area (Å²) >= 11 is 2.95. The molecule has 0 spiro atoms. The van der Waals surface area contributed by atoms with Crippen LogP contribution in [0.2, 0.25) is 0 Å². The third-order valence-electron chi connectivity index (χ3n) is 2.81. The lowest BCUT2D eigenvalue weighted by molar-refractivity contribution is 0.0695. The van der Waals surface area contributed by atoms with E-state index in [4.69, 9.17) is 10.2 Å². The van der Waals surface area contributed by atoms with E-state index in [-0.39, 0.29) is 28.2 Å². The molecule has 1 atom stereocenters. The van der Waals surface area contributed by atoms with Crippen molar-refractivity contribution >= 4 is 27.6 Å². The van der Waals surface area contributed by atoms with E-state index in [2.05, 4.69) is 21.2 Å². The Labute approximate surface area is 119 Å². The zero-order valence-electron chi connectivity index (χ0n) is 10.6. The predicted octanol–water partition coefficient (Wildman–Crippen LogP) is 3.11. The average molecular weight is 334 g/mol. The van der Waals surface area contributed by atoms with Crippen molar-refractivity contribution in [1.82, 2.24) is 0 Å². The van der Waals surface area contributed by atoms with Crippen LogP contribution in [-0.4, -0.2) is 29.3 Å². The quantitative estimate of drug-likeness (QED) is 0.670. The SMILES string of the molecule is CC(CO)CCCNc1ccc(C(=O)O)c(Br)c1F. The third kappa shape index (κ3) is 4.47. The number of carboxylic acid groups (broad SMARTS) is 1. The van der Waals surface area contributed by atoms with Crippen molar-refractivity contribution in [2.24, 2.45) is 5.92 Å². The highest BCUT2D eigenvalue weighted by Gasteiger charge is 2.15. The van der Waals surface area contributed by atoms with Gasteiger partial charge >= 0.3 is 5.97 Å². The summed E-state index contributed by atoms with van der Waals surface area (Å²) in [7, 11) is 0. The molecule has 0 bridgehead atoms. The van der Waals surface area contributed by atoms with Crippen LogP contribution < -0.4 is 5.32 Å². The molecule has 0 amide bonds. The van der Waals surface area contributed by atoms with Gasteiger partial charge in [-0.2, -0.15) is 0 Å². The number of aliphatic hydroxyl groups is 1. The van der Waals surface area contributed by atoms with E-state index in [0.717, 1.165) is 12.8 Å². The van der Waals surface area contributed by atoms with Gasteiger partial charge in [-0.25, -0.2) is 9.18 Å². The first kappa shape index (κ1) is 15.9. The van der Waals surface area contributed by atoms with Crippen LogP contribution in [0.5, 0.6) is 0 Å². The maximum Gasteiger partial charge on any atom is 0.336 e. The zero-order chi connectivity index (χ0) is 14.4. The van der Waals surface area contributed by atoms with Gasteiger partial charge in [-0.1, -0.05) is 6.92 Å². The Balaban J connectivity index is 2.60. The van der Waals surface area contributed by atoms with Crippen LogP contribution in [0.3, 0.4) is 0 Å². The molecule has 0 heterocycles. The molecule has 4 nitrogen and oxygen atoms in total. The van der Waals surface area contributed by atoms with E-state index >= 15 is 0 Å². The van der Waals surface area contributed by atoms with Crippen LogP contribution in [0.15, 0.2) is 16.6 Å². The van der Waals surface area contributed by atoms with E-state index in [1.165, 1.54) is 12.1 Å². The van der Waals surface area contributed by atoms with Crippen LogP contribution in [-0.2, 0) is 0 Å². The number of aromatic carboxylic acids is 1. The van der Waals surface area contributed by atoms with Crippen molar-refractivity contribution < 1.29 is 19.4 Å². The number of rotatable bonds is 7. The summed E-state index contributed by atoms with van der Waals surface area (Å²) in [5, 5.41) is 20.6. The summed E-state index contributed by atoms with van der Waals surface area (Å²) in [5.41, 5.74) is 0.172. The number of anilines is 1. The molecule has 1 rings (SSSR count). The van der Waals surface area contributed by atoms with Crippen molar-refractivity contribution in [3.8, 4) is 0 Å². The van der Waals surface area contributed by atoms with E-state index < -0.39 is 11.8 Å². The molecule has 0 aliphatic carbocycles. The number of nitrogens with one attached hydrogen (secondary N) is 1. The molecule has 1 aromatic rings. The van der Waals surface area contributed by atoms with E-state index in [0.29, 0.717) is 6.54 Å². The van der Waals surface area contributed by atoms with Crippen LogP contribution in [0.1, 0.15) is 30.1 Å². The van der Waals surface area contributed by atoms with Gasteiger partial charge in [0, 0.05) is 13.2 Å². The van der Waals surface area contributed by atoms with E-state index in [1.54, 1.807) is 0 Å². The number of aliphatic hydroxyl groups excluding tert-OH is 1. The van der Waals surface area contributed by atoms with Crippen LogP contribution in [0.4, 0.5) is 10.1 Å². The van der Waals surface area contributed by atoms with Crippen molar-refractivity contribution in [1.29, 1.82) is 0 Å². The number of hydrogen-bond acceptors (Lipinski definition) is 3.